The van der Waals surface area contributed by atoms with Crippen molar-refractivity contribution in [1.29, 1.82) is 0 Å². The molecule has 0 radical (unpaired) electrons. The lowest BCUT2D eigenvalue weighted by Gasteiger charge is -2.45. The molecule has 6 rings (SSSR count). The van der Waals surface area contributed by atoms with E-state index < -0.39 is 15.4 Å². The van der Waals surface area contributed by atoms with Gasteiger partial charge >= 0.3 is 0 Å². The molecule has 41 heavy (non-hydrogen) atoms. The molecule has 0 bridgehead atoms. The highest BCUT2D eigenvalue weighted by molar-refractivity contribution is 7.89. The Morgan fingerprint density at radius 2 is 1.63 bits per heavy atom. The highest BCUT2D eigenvalue weighted by Crippen LogP contribution is 2.47. The van der Waals surface area contributed by atoms with Crippen LogP contribution in [0.3, 0.4) is 0 Å². The van der Waals surface area contributed by atoms with Gasteiger partial charge in [0, 0.05) is 18.7 Å². The summed E-state index contributed by atoms with van der Waals surface area (Å²) in [4.78, 5) is 14.5. The monoisotopic (exact) mass is 569 g/mol. The Bertz CT molecular complexity index is 1750. The van der Waals surface area contributed by atoms with E-state index in [-0.39, 0.29) is 35.0 Å². The minimum absolute atomic E-state index is 0.0388. The topological polar surface area (TPSA) is 72.3 Å². The van der Waals surface area contributed by atoms with Crippen molar-refractivity contribution < 1.29 is 17.6 Å². The fourth-order valence-corrected chi connectivity index (χ4v) is 7.45. The number of benzene rings is 3. The summed E-state index contributed by atoms with van der Waals surface area (Å²) in [5, 5.41) is 4.57. The summed E-state index contributed by atoms with van der Waals surface area (Å²) in [6.07, 6.45) is 4.44. The predicted octanol–water partition coefficient (Wildman–Crippen LogP) is 6.21. The number of Topliss-reactive ketones (excluding diaryl/α,β-unsaturated/α-hetero) is 1. The first-order chi connectivity index (χ1) is 19.5. The average molecular weight is 570 g/mol. The number of halogens is 1. The Morgan fingerprint density at radius 1 is 0.951 bits per heavy atom. The zero-order valence-corrected chi connectivity index (χ0v) is 24.2. The summed E-state index contributed by atoms with van der Waals surface area (Å²) in [5.74, 6) is -0.435. The number of hydrogen-bond donors (Lipinski definition) is 0. The number of carbonyl (C=O) groups excluding carboxylic acids is 1. The highest BCUT2D eigenvalue weighted by Gasteiger charge is 2.50. The van der Waals surface area contributed by atoms with Crippen LogP contribution in [0.15, 0.2) is 95.5 Å². The number of piperidine rings is 1. The third-order valence-electron chi connectivity index (χ3n) is 8.28. The molecule has 210 valence electrons. The van der Waals surface area contributed by atoms with Crippen LogP contribution in [0.4, 0.5) is 4.39 Å². The van der Waals surface area contributed by atoms with E-state index in [1.54, 1.807) is 47.3 Å². The predicted molar refractivity (Wildman–Crippen MR) is 157 cm³/mol. The molecule has 0 N–H and O–H groups in total. The highest BCUT2D eigenvalue weighted by atomic mass is 32.2. The van der Waals surface area contributed by atoms with Crippen LogP contribution in [0.1, 0.15) is 54.4 Å². The largest absolute Gasteiger partial charge is 0.293 e. The number of aromatic nitrogens is 2. The van der Waals surface area contributed by atoms with Gasteiger partial charge in [-0.25, -0.2) is 17.5 Å². The second kappa shape index (κ2) is 9.89. The molecule has 0 amide bonds. The first-order valence-electron chi connectivity index (χ1n) is 13.7. The van der Waals surface area contributed by atoms with Crippen LogP contribution in [0.2, 0.25) is 0 Å². The van der Waals surface area contributed by atoms with E-state index in [4.69, 9.17) is 0 Å². The first kappa shape index (κ1) is 27.3. The Balaban J connectivity index is 1.41. The quantitative estimate of drug-likeness (QED) is 0.268. The molecule has 4 aromatic rings. The van der Waals surface area contributed by atoms with Gasteiger partial charge in [-0.2, -0.15) is 9.40 Å². The van der Waals surface area contributed by atoms with E-state index in [2.05, 4.69) is 25.9 Å². The van der Waals surface area contributed by atoms with Gasteiger partial charge < -0.3 is 0 Å². The molecule has 1 saturated heterocycles. The number of rotatable bonds is 5. The van der Waals surface area contributed by atoms with Crippen LogP contribution in [0.25, 0.3) is 11.8 Å². The van der Waals surface area contributed by atoms with Crippen molar-refractivity contribution in [3.63, 3.8) is 0 Å². The number of sulfonamides is 1. The van der Waals surface area contributed by atoms with Gasteiger partial charge in [-0.1, -0.05) is 68.8 Å². The fraction of sp³-hybridized carbons (Fsp3) is 0.273. The summed E-state index contributed by atoms with van der Waals surface area (Å²) >= 11 is 0. The normalized spacial score (nSPS) is 19.3. The van der Waals surface area contributed by atoms with Crippen LogP contribution >= 0.6 is 0 Å². The standard InChI is InChI=1S/C33H32FN3O3S/c1-32(2,3)25-9-15-29(16-10-25)41(39,40)36-18-17-26-19-30-24(21-35-37(30)28-13-11-27(34)12-14-28)20-33(26,22-36)31(38)23-7-5-4-6-8-23/h4-16,19,21H,17-18,20,22H2,1-3H3/t33-/m0/s1. The molecule has 0 saturated carbocycles. The van der Waals surface area contributed by atoms with Crippen LogP contribution in [-0.4, -0.2) is 41.4 Å². The third-order valence-corrected chi connectivity index (χ3v) is 10.1. The summed E-state index contributed by atoms with van der Waals surface area (Å²) in [5.41, 5.74) is 3.70. The number of nitrogens with zero attached hydrogens (tertiary/aromatic N) is 3. The van der Waals surface area contributed by atoms with Crippen LogP contribution in [0.5, 0.6) is 0 Å². The molecular weight excluding hydrogens is 537 g/mol. The van der Waals surface area contributed by atoms with Crippen molar-refractivity contribution in [1.82, 2.24) is 14.1 Å². The van der Waals surface area contributed by atoms with Gasteiger partial charge in [0.1, 0.15) is 5.82 Å². The van der Waals surface area contributed by atoms with Crippen molar-refractivity contribution in [3.8, 4) is 5.69 Å². The second-order valence-corrected chi connectivity index (χ2v) is 13.9. The van der Waals surface area contributed by atoms with Gasteiger partial charge in [0.15, 0.2) is 5.78 Å². The van der Waals surface area contributed by atoms with Gasteiger partial charge in [-0.3, -0.25) is 4.79 Å². The van der Waals surface area contributed by atoms with Gasteiger partial charge in [-0.15, -0.1) is 0 Å². The Morgan fingerprint density at radius 3 is 2.29 bits per heavy atom. The van der Waals surface area contributed by atoms with Crippen molar-refractivity contribution >= 4 is 21.9 Å². The molecule has 1 aliphatic carbocycles. The van der Waals surface area contributed by atoms with Gasteiger partial charge in [0.25, 0.3) is 0 Å². The molecule has 1 atom stereocenters. The van der Waals surface area contributed by atoms with E-state index >= 15 is 0 Å². The van der Waals surface area contributed by atoms with Crippen LogP contribution < -0.4 is 0 Å². The van der Waals surface area contributed by atoms with Crippen molar-refractivity contribution in [2.75, 3.05) is 13.1 Å². The summed E-state index contributed by atoms with van der Waals surface area (Å²) in [6, 6.07) is 22.2. The molecule has 2 aliphatic rings. The van der Waals surface area contributed by atoms with E-state index in [9.17, 15) is 17.6 Å². The minimum Gasteiger partial charge on any atom is -0.293 e. The SMILES string of the molecule is CC(C)(C)c1ccc(S(=O)(=O)N2CCC3=Cc4c(cnn4-c4ccc(F)cc4)C[C@]3(C(=O)c3ccccc3)C2)cc1. The molecule has 6 nitrogen and oxygen atoms in total. The lowest BCUT2D eigenvalue weighted by Crippen LogP contribution is -2.53. The molecule has 1 fully saturated rings. The number of hydrogen-bond acceptors (Lipinski definition) is 4. The minimum atomic E-state index is -3.85. The number of ketones is 1. The van der Waals surface area contributed by atoms with Crippen molar-refractivity contribution in [3.05, 3.63) is 119 Å². The molecule has 3 aromatic carbocycles. The molecule has 1 aromatic heterocycles. The Hall–Kier alpha value is -3.88. The molecule has 2 heterocycles. The zero-order chi connectivity index (χ0) is 29.0. The second-order valence-electron chi connectivity index (χ2n) is 11.9. The maximum absolute atomic E-state index is 14.3. The smallest absolute Gasteiger partial charge is 0.243 e. The van der Waals surface area contributed by atoms with Crippen LogP contribution in [-0.2, 0) is 21.9 Å². The average Bonchev–Trinajstić information content (AvgIpc) is 3.37. The van der Waals surface area contributed by atoms with Gasteiger partial charge in [0.2, 0.25) is 10.0 Å². The van der Waals surface area contributed by atoms with Gasteiger partial charge in [0.05, 0.1) is 27.9 Å². The number of fused-ring (bicyclic) bond motifs is 2. The first-order valence-corrected chi connectivity index (χ1v) is 15.2. The Labute approximate surface area is 240 Å². The van der Waals surface area contributed by atoms with Crippen molar-refractivity contribution in [2.24, 2.45) is 5.41 Å². The maximum atomic E-state index is 14.3. The third kappa shape index (κ3) is 4.75. The lowest BCUT2D eigenvalue weighted by atomic mass is 9.65. The summed E-state index contributed by atoms with van der Waals surface area (Å²) in [7, 11) is -3.85. The van der Waals surface area contributed by atoms with Crippen LogP contribution in [0, 0.1) is 11.2 Å². The van der Waals surface area contributed by atoms with Gasteiger partial charge in [-0.05, 0) is 71.9 Å². The van der Waals surface area contributed by atoms with E-state index in [0.717, 1.165) is 22.4 Å². The maximum Gasteiger partial charge on any atom is 0.243 e. The van der Waals surface area contributed by atoms with E-state index in [1.807, 2.05) is 36.4 Å². The summed E-state index contributed by atoms with van der Waals surface area (Å²) < 4.78 is 44.7. The summed E-state index contributed by atoms with van der Waals surface area (Å²) in [6.45, 7) is 6.56. The van der Waals surface area contributed by atoms with E-state index in [0.29, 0.717) is 24.1 Å². The lowest BCUT2D eigenvalue weighted by molar-refractivity contribution is 0.0775. The van der Waals surface area contributed by atoms with Crippen molar-refractivity contribution in [2.45, 2.75) is 43.9 Å². The zero-order valence-electron chi connectivity index (χ0n) is 23.3. The van der Waals surface area contributed by atoms with E-state index in [1.165, 1.54) is 16.4 Å². The molecule has 8 heteroatoms. The molecule has 0 unspecified atom stereocenters. The number of carbonyl (C=O) groups is 1. The molecule has 0 spiro atoms. The molecular formula is C33H32FN3O3S. The fourth-order valence-electron chi connectivity index (χ4n) is 5.95. The Kier molecular flexibility index (Phi) is 6.58. The molecule has 1 aliphatic heterocycles.